The molecule has 0 bridgehead atoms. The van der Waals surface area contributed by atoms with E-state index in [0.717, 1.165) is 15.6 Å². The first-order valence-corrected chi connectivity index (χ1v) is 6.50. The van der Waals surface area contributed by atoms with Gasteiger partial charge in [-0.3, -0.25) is 4.79 Å². The Hall–Kier alpha value is -1.61. The molecule has 3 heteroatoms. The third-order valence-electron chi connectivity index (χ3n) is 2.98. The summed E-state index contributed by atoms with van der Waals surface area (Å²) in [7, 11) is 0. The predicted molar refractivity (Wildman–Crippen MR) is 77.8 cm³/mol. The van der Waals surface area contributed by atoms with E-state index in [1.165, 1.54) is 0 Å². The van der Waals surface area contributed by atoms with Crippen molar-refractivity contribution in [1.82, 2.24) is 0 Å². The minimum Gasteiger partial charge on any atom is -0.398 e. The van der Waals surface area contributed by atoms with Gasteiger partial charge in [0.2, 0.25) is 0 Å². The molecule has 2 aromatic carbocycles. The van der Waals surface area contributed by atoms with Gasteiger partial charge < -0.3 is 5.73 Å². The SMILES string of the molecule is Cc1c(N)cccc1C(=O)Cc1ccccc1Br. The Kier molecular flexibility index (Phi) is 3.82. The maximum Gasteiger partial charge on any atom is 0.167 e. The molecule has 2 aromatic rings. The first kappa shape index (κ1) is 12.8. The number of benzene rings is 2. The lowest BCUT2D eigenvalue weighted by molar-refractivity contribution is 0.0992. The van der Waals surface area contributed by atoms with Crippen molar-refractivity contribution < 1.29 is 4.79 Å². The highest BCUT2D eigenvalue weighted by Gasteiger charge is 2.12. The van der Waals surface area contributed by atoms with Crippen molar-refractivity contribution in [2.45, 2.75) is 13.3 Å². The molecule has 0 saturated heterocycles. The second kappa shape index (κ2) is 5.36. The second-order valence-electron chi connectivity index (χ2n) is 4.21. The molecule has 0 unspecified atom stereocenters. The molecule has 2 N–H and O–H groups in total. The topological polar surface area (TPSA) is 43.1 Å². The number of carbonyl (C=O) groups is 1. The highest BCUT2D eigenvalue weighted by molar-refractivity contribution is 9.10. The van der Waals surface area contributed by atoms with Gasteiger partial charge in [0, 0.05) is 22.1 Å². The van der Waals surface area contributed by atoms with Crippen LogP contribution in [0.3, 0.4) is 0 Å². The van der Waals surface area contributed by atoms with E-state index in [0.29, 0.717) is 17.7 Å². The lowest BCUT2D eigenvalue weighted by Crippen LogP contribution is -2.07. The van der Waals surface area contributed by atoms with Gasteiger partial charge in [0.05, 0.1) is 0 Å². The molecule has 0 aliphatic heterocycles. The molecule has 0 fully saturated rings. The van der Waals surface area contributed by atoms with Crippen LogP contribution in [0.2, 0.25) is 0 Å². The fourth-order valence-electron chi connectivity index (χ4n) is 1.87. The average Bonchev–Trinajstić information content (AvgIpc) is 2.35. The van der Waals surface area contributed by atoms with Crippen LogP contribution in [-0.4, -0.2) is 5.78 Å². The fourth-order valence-corrected chi connectivity index (χ4v) is 2.29. The van der Waals surface area contributed by atoms with Crippen LogP contribution in [0.15, 0.2) is 46.9 Å². The molecule has 2 nitrogen and oxygen atoms in total. The molecule has 0 atom stereocenters. The van der Waals surface area contributed by atoms with Crippen LogP contribution in [0.25, 0.3) is 0 Å². The first-order chi connectivity index (χ1) is 8.59. The summed E-state index contributed by atoms with van der Waals surface area (Å²) in [5, 5.41) is 0. The Balaban J connectivity index is 2.28. The van der Waals surface area contributed by atoms with E-state index < -0.39 is 0 Å². The molecule has 0 radical (unpaired) electrons. The number of hydrogen-bond acceptors (Lipinski definition) is 2. The standard InChI is InChI=1S/C15H14BrNO/c1-10-12(6-4-8-14(10)17)15(18)9-11-5-2-3-7-13(11)16/h2-8H,9,17H2,1H3. The summed E-state index contributed by atoms with van der Waals surface area (Å²) < 4.78 is 0.958. The molecular formula is C15H14BrNO. The molecule has 2 rings (SSSR count). The van der Waals surface area contributed by atoms with Crippen LogP contribution in [0.1, 0.15) is 21.5 Å². The highest BCUT2D eigenvalue weighted by atomic mass is 79.9. The maximum atomic E-state index is 12.3. The Labute approximate surface area is 115 Å². The molecule has 0 aliphatic carbocycles. The van der Waals surface area contributed by atoms with Gasteiger partial charge in [-0.05, 0) is 30.2 Å². The number of nitrogen functional groups attached to an aromatic ring is 1. The van der Waals surface area contributed by atoms with Crippen molar-refractivity contribution in [3.63, 3.8) is 0 Å². The monoisotopic (exact) mass is 303 g/mol. The summed E-state index contributed by atoms with van der Waals surface area (Å²) in [6.45, 7) is 1.88. The molecule has 92 valence electrons. The van der Waals surface area contributed by atoms with Crippen molar-refractivity contribution in [2.75, 3.05) is 5.73 Å². The van der Waals surface area contributed by atoms with Gasteiger partial charge in [-0.1, -0.05) is 46.3 Å². The van der Waals surface area contributed by atoms with Crippen LogP contribution < -0.4 is 5.73 Å². The Morgan fingerprint density at radius 2 is 1.89 bits per heavy atom. The summed E-state index contributed by atoms with van der Waals surface area (Å²) in [5.41, 5.74) is 9.03. The number of ketones is 1. The van der Waals surface area contributed by atoms with Gasteiger partial charge in [-0.15, -0.1) is 0 Å². The van der Waals surface area contributed by atoms with E-state index in [1.807, 2.05) is 49.4 Å². The van der Waals surface area contributed by atoms with Gasteiger partial charge in [-0.2, -0.15) is 0 Å². The zero-order valence-electron chi connectivity index (χ0n) is 10.1. The molecule has 18 heavy (non-hydrogen) atoms. The third-order valence-corrected chi connectivity index (χ3v) is 3.76. The minimum atomic E-state index is 0.0895. The first-order valence-electron chi connectivity index (χ1n) is 5.71. The molecule has 0 spiro atoms. The lowest BCUT2D eigenvalue weighted by Gasteiger charge is -2.08. The Morgan fingerprint density at radius 3 is 2.61 bits per heavy atom. The largest absolute Gasteiger partial charge is 0.398 e. The van der Waals surface area contributed by atoms with E-state index in [4.69, 9.17) is 5.73 Å². The molecule has 0 aliphatic rings. The molecular weight excluding hydrogens is 290 g/mol. The number of halogens is 1. The van der Waals surface area contributed by atoms with Crippen LogP contribution in [0, 0.1) is 6.92 Å². The summed E-state index contributed by atoms with van der Waals surface area (Å²) >= 11 is 3.45. The van der Waals surface area contributed by atoms with Crippen molar-refractivity contribution in [3.05, 3.63) is 63.6 Å². The number of nitrogens with two attached hydrogens (primary N) is 1. The van der Waals surface area contributed by atoms with E-state index in [1.54, 1.807) is 0 Å². The smallest absolute Gasteiger partial charge is 0.167 e. The predicted octanol–water partition coefficient (Wildman–Crippen LogP) is 3.77. The van der Waals surface area contributed by atoms with Gasteiger partial charge in [0.1, 0.15) is 0 Å². The van der Waals surface area contributed by atoms with E-state index in [2.05, 4.69) is 15.9 Å². The number of anilines is 1. The zero-order chi connectivity index (χ0) is 13.1. The summed E-state index contributed by atoms with van der Waals surface area (Å²) in [4.78, 5) is 12.3. The molecule has 0 saturated carbocycles. The quantitative estimate of drug-likeness (QED) is 0.693. The molecule has 0 aromatic heterocycles. The van der Waals surface area contributed by atoms with E-state index in [9.17, 15) is 4.79 Å². The minimum absolute atomic E-state index is 0.0895. The van der Waals surface area contributed by atoms with Crippen molar-refractivity contribution in [1.29, 1.82) is 0 Å². The molecule has 0 amide bonds. The van der Waals surface area contributed by atoms with Crippen molar-refractivity contribution in [2.24, 2.45) is 0 Å². The summed E-state index contributed by atoms with van der Waals surface area (Å²) in [6, 6.07) is 13.2. The van der Waals surface area contributed by atoms with E-state index in [-0.39, 0.29) is 5.78 Å². The molecule has 0 heterocycles. The van der Waals surface area contributed by atoms with Crippen molar-refractivity contribution >= 4 is 27.4 Å². The number of rotatable bonds is 3. The summed E-state index contributed by atoms with van der Waals surface area (Å²) in [6.07, 6.45) is 0.381. The number of carbonyl (C=O) groups excluding carboxylic acids is 1. The second-order valence-corrected chi connectivity index (χ2v) is 5.07. The van der Waals surface area contributed by atoms with Gasteiger partial charge in [-0.25, -0.2) is 0 Å². The Morgan fingerprint density at radius 1 is 1.17 bits per heavy atom. The van der Waals surface area contributed by atoms with E-state index >= 15 is 0 Å². The van der Waals surface area contributed by atoms with Crippen LogP contribution in [0.5, 0.6) is 0 Å². The number of Topliss-reactive ketones (excluding diaryl/α,β-unsaturated/α-hetero) is 1. The summed E-state index contributed by atoms with van der Waals surface area (Å²) in [5.74, 6) is 0.0895. The normalized spacial score (nSPS) is 10.3. The lowest BCUT2D eigenvalue weighted by atomic mass is 9.98. The van der Waals surface area contributed by atoms with Crippen LogP contribution in [0.4, 0.5) is 5.69 Å². The average molecular weight is 304 g/mol. The highest BCUT2D eigenvalue weighted by Crippen LogP contribution is 2.21. The van der Waals surface area contributed by atoms with Crippen molar-refractivity contribution in [3.8, 4) is 0 Å². The van der Waals surface area contributed by atoms with Gasteiger partial charge in [0.15, 0.2) is 5.78 Å². The number of hydrogen-bond donors (Lipinski definition) is 1. The third kappa shape index (κ3) is 2.62. The van der Waals surface area contributed by atoms with Gasteiger partial charge >= 0.3 is 0 Å². The van der Waals surface area contributed by atoms with Gasteiger partial charge in [0.25, 0.3) is 0 Å². The maximum absolute atomic E-state index is 12.3. The van der Waals surface area contributed by atoms with Crippen LogP contribution in [-0.2, 0) is 6.42 Å². The zero-order valence-corrected chi connectivity index (χ0v) is 11.7. The fraction of sp³-hybridized carbons (Fsp3) is 0.133. The Bertz CT molecular complexity index is 593. The van der Waals surface area contributed by atoms with Crippen LogP contribution >= 0.6 is 15.9 Å².